The molecule has 4 heteroatoms. The van der Waals surface area contributed by atoms with E-state index in [-0.39, 0.29) is 12.3 Å². The smallest absolute Gasteiger partial charge is 0.244 e. The summed E-state index contributed by atoms with van der Waals surface area (Å²) in [6.45, 7) is 0. The number of nitrogens with one attached hydrogen (secondary N) is 1. The van der Waals surface area contributed by atoms with Crippen LogP contribution in [-0.2, 0) is 11.2 Å². The molecular weight excluding hydrogens is 324 g/mol. The number of hydrazone groups is 1. The molecule has 0 aliphatic heterocycles. The summed E-state index contributed by atoms with van der Waals surface area (Å²) in [6.07, 6.45) is -0.705. The Morgan fingerprint density at radius 1 is 0.846 bits per heavy atom. The molecule has 0 saturated heterocycles. The van der Waals surface area contributed by atoms with Crippen LogP contribution in [0.3, 0.4) is 0 Å². The highest BCUT2D eigenvalue weighted by Crippen LogP contribution is 2.19. The lowest BCUT2D eigenvalue weighted by molar-refractivity contribution is -0.120. The van der Waals surface area contributed by atoms with E-state index in [1.165, 1.54) is 0 Å². The molecular formula is C22H20N2O2. The van der Waals surface area contributed by atoms with E-state index in [0.29, 0.717) is 11.3 Å². The monoisotopic (exact) mass is 344 g/mol. The molecule has 0 radical (unpaired) electrons. The fraction of sp³-hybridized carbons (Fsp3) is 0.0909. The van der Waals surface area contributed by atoms with Crippen LogP contribution in [0.5, 0.6) is 0 Å². The first kappa shape index (κ1) is 17.6. The van der Waals surface area contributed by atoms with Crippen LogP contribution in [0.2, 0.25) is 0 Å². The maximum atomic E-state index is 12.2. The number of amides is 1. The van der Waals surface area contributed by atoms with E-state index >= 15 is 0 Å². The van der Waals surface area contributed by atoms with Gasteiger partial charge in [-0.15, -0.1) is 0 Å². The van der Waals surface area contributed by atoms with Crippen LogP contribution >= 0.6 is 0 Å². The highest BCUT2D eigenvalue weighted by Gasteiger charge is 2.17. The SMILES string of the molecule is O=C(Cc1ccccc1)NN=C(c1ccccc1)[C@H](O)c1ccccc1. The minimum Gasteiger partial charge on any atom is -0.382 e. The van der Waals surface area contributed by atoms with Crippen molar-refractivity contribution >= 4 is 11.6 Å². The number of aliphatic hydroxyl groups is 1. The largest absolute Gasteiger partial charge is 0.382 e. The molecule has 1 atom stereocenters. The van der Waals surface area contributed by atoms with Crippen molar-refractivity contribution in [1.29, 1.82) is 0 Å². The predicted octanol–water partition coefficient (Wildman–Crippen LogP) is 3.48. The third kappa shape index (κ3) is 4.65. The molecule has 2 N–H and O–H groups in total. The number of hydrogen-bond donors (Lipinski definition) is 2. The third-order valence-electron chi connectivity index (χ3n) is 3.95. The molecule has 0 fully saturated rings. The predicted molar refractivity (Wildman–Crippen MR) is 103 cm³/mol. The molecule has 0 spiro atoms. The minimum atomic E-state index is -0.935. The van der Waals surface area contributed by atoms with Gasteiger partial charge in [-0.25, -0.2) is 5.43 Å². The van der Waals surface area contributed by atoms with E-state index in [4.69, 9.17) is 0 Å². The number of nitrogens with zero attached hydrogens (tertiary/aromatic N) is 1. The molecule has 0 bridgehead atoms. The standard InChI is InChI=1S/C22H20N2O2/c25-20(16-17-10-4-1-5-11-17)23-24-21(18-12-6-2-7-13-18)22(26)19-14-8-3-9-15-19/h1-15,22,26H,16H2,(H,23,25)/t22-/m1/s1. The average Bonchev–Trinajstić information content (AvgIpc) is 2.70. The van der Waals surface area contributed by atoms with Gasteiger partial charge in [0.2, 0.25) is 5.91 Å². The molecule has 0 saturated carbocycles. The van der Waals surface area contributed by atoms with Crippen molar-refractivity contribution in [1.82, 2.24) is 5.43 Å². The Kier molecular flexibility index (Phi) is 5.91. The minimum absolute atomic E-state index is 0.230. The molecule has 3 aromatic carbocycles. The molecule has 0 aliphatic carbocycles. The van der Waals surface area contributed by atoms with Crippen LogP contribution in [0.25, 0.3) is 0 Å². The number of carbonyl (C=O) groups excluding carboxylic acids is 1. The molecule has 3 rings (SSSR count). The summed E-state index contributed by atoms with van der Waals surface area (Å²) in [4.78, 5) is 12.2. The Balaban J connectivity index is 1.81. The van der Waals surface area contributed by atoms with Gasteiger partial charge in [-0.05, 0) is 11.1 Å². The van der Waals surface area contributed by atoms with E-state index in [1.54, 1.807) is 0 Å². The lowest BCUT2D eigenvalue weighted by atomic mass is 9.99. The molecule has 0 aromatic heterocycles. The van der Waals surface area contributed by atoms with Gasteiger partial charge >= 0.3 is 0 Å². The zero-order valence-corrected chi connectivity index (χ0v) is 14.2. The Bertz CT molecular complexity index is 862. The second kappa shape index (κ2) is 8.74. The van der Waals surface area contributed by atoms with E-state index in [0.717, 1.165) is 11.1 Å². The summed E-state index contributed by atoms with van der Waals surface area (Å²) in [7, 11) is 0. The van der Waals surface area contributed by atoms with Crippen LogP contribution in [0, 0.1) is 0 Å². The molecule has 4 nitrogen and oxygen atoms in total. The maximum absolute atomic E-state index is 12.2. The molecule has 130 valence electrons. The lowest BCUT2D eigenvalue weighted by Gasteiger charge is -2.15. The highest BCUT2D eigenvalue weighted by atomic mass is 16.3. The summed E-state index contributed by atoms with van der Waals surface area (Å²) in [5.41, 5.74) is 5.35. The second-order valence-corrected chi connectivity index (χ2v) is 5.87. The van der Waals surface area contributed by atoms with Crippen molar-refractivity contribution in [3.63, 3.8) is 0 Å². The van der Waals surface area contributed by atoms with Gasteiger partial charge in [0.25, 0.3) is 0 Å². The molecule has 1 amide bonds. The fourth-order valence-electron chi connectivity index (χ4n) is 2.63. The summed E-state index contributed by atoms with van der Waals surface area (Å²) >= 11 is 0. The van der Waals surface area contributed by atoms with Crippen LogP contribution in [0.15, 0.2) is 96.1 Å². The van der Waals surface area contributed by atoms with E-state index in [2.05, 4.69) is 10.5 Å². The van der Waals surface area contributed by atoms with Gasteiger partial charge in [0.1, 0.15) is 11.8 Å². The quantitative estimate of drug-likeness (QED) is 0.531. The third-order valence-corrected chi connectivity index (χ3v) is 3.95. The Morgan fingerprint density at radius 3 is 2.00 bits per heavy atom. The summed E-state index contributed by atoms with van der Waals surface area (Å²) in [5, 5.41) is 15.0. The topological polar surface area (TPSA) is 61.7 Å². The van der Waals surface area contributed by atoms with Gasteiger partial charge in [-0.1, -0.05) is 91.0 Å². The van der Waals surface area contributed by atoms with Gasteiger partial charge in [-0.3, -0.25) is 4.79 Å². The number of aliphatic hydroxyl groups excluding tert-OH is 1. The van der Waals surface area contributed by atoms with Gasteiger partial charge in [0.15, 0.2) is 0 Å². The van der Waals surface area contributed by atoms with E-state index < -0.39 is 6.10 Å². The summed E-state index contributed by atoms with van der Waals surface area (Å²) < 4.78 is 0. The average molecular weight is 344 g/mol. The van der Waals surface area contributed by atoms with Crippen LogP contribution < -0.4 is 5.43 Å². The lowest BCUT2D eigenvalue weighted by Crippen LogP contribution is -2.24. The molecule has 26 heavy (non-hydrogen) atoms. The number of rotatable bonds is 6. The van der Waals surface area contributed by atoms with Crippen molar-refractivity contribution in [2.45, 2.75) is 12.5 Å². The summed E-state index contributed by atoms with van der Waals surface area (Å²) in [5.74, 6) is -0.232. The molecule has 0 unspecified atom stereocenters. The fourth-order valence-corrected chi connectivity index (χ4v) is 2.63. The van der Waals surface area contributed by atoms with Crippen LogP contribution in [0.4, 0.5) is 0 Å². The van der Waals surface area contributed by atoms with Crippen molar-refractivity contribution < 1.29 is 9.90 Å². The first-order valence-electron chi connectivity index (χ1n) is 8.43. The van der Waals surface area contributed by atoms with Gasteiger partial charge in [-0.2, -0.15) is 5.10 Å². The van der Waals surface area contributed by atoms with Crippen molar-refractivity contribution in [3.8, 4) is 0 Å². The molecule has 0 heterocycles. The number of benzene rings is 3. The van der Waals surface area contributed by atoms with Gasteiger partial charge < -0.3 is 5.11 Å². The number of carbonyl (C=O) groups is 1. The summed E-state index contributed by atoms with van der Waals surface area (Å²) in [6, 6.07) is 28.1. The second-order valence-electron chi connectivity index (χ2n) is 5.87. The molecule has 3 aromatic rings. The Hall–Kier alpha value is -3.24. The van der Waals surface area contributed by atoms with Crippen LogP contribution in [-0.4, -0.2) is 16.7 Å². The normalized spacial score (nSPS) is 12.4. The van der Waals surface area contributed by atoms with Crippen molar-refractivity contribution in [2.24, 2.45) is 5.10 Å². The Morgan fingerprint density at radius 2 is 1.38 bits per heavy atom. The van der Waals surface area contributed by atoms with E-state index in [9.17, 15) is 9.90 Å². The highest BCUT2D eigenvalue weighted by molar-refractivity contribution is 6.04. The van der Waals surface area contributed by atoms with Gasteiger partial charge in [0.05, 0.1) is 6.42 Å². The number of hydrogen-bond acceptors (Lipinski definition) is 3. The first-order chi connectivity index (χ1) is 12.7. The van der Waals surface area contributed by atoms with Crippen molar-refractivity contribution in [3.05, 3.63) is 108 Å². The van der Waals surface area contributed by atoms with Crippen LogP contribution in [0.1, 0.15) is 22.8 Å². The zero-order chi connectivity index (χ0) is 18.2. The van der Waals surface area contributed by atoms with Crippen molar-refractivity contribution in [2.75, 3.05) is 0 Å². The zero-order valence-electron chi connectivity index (χ0n) is 14.2. The Labute approximate surface area is 152 Å². The first-order valence-corrected chi connectivity index (χ1v) is 8.43. The molecule has 0 aliphatic rings. The maximum Gasteiger partial charge on any atom is 0.244 e. The van der Waals surface area contributed by atoms with E-state index in [1.807, 2.05) is 91.0 Å². The van der Waals surface area contributed by atoms with Gasteiger partial charge in [0, 0.05) is 5.56 Å².